The first-order chi connectivity index (χ1) is 5.49. The molecule has 0 radical (unpaired) electrons. The highest BCUT2D eigenvalue weighted by Gasteiger charge is 2.05. The predicted molar refractivity (Wildman–Crippen MR) is 50.1 cm³/mol. The van der Waals surface area contributed by atoms with Crippen LogP contribution < -0.4 is 5.73 Å². The zero-order valence-electron chi connectivity index (χ0n) is 7.00. The van der Waals surface area contributed by atoms with Gasteiger partial charge >= 0.3 is 5.97 Å². The molecule has 0 bridgehead atoms. The fraction of sp³-hybridized carbons (Fsp3) is 0.286. The number of ether oxygens (including phenoxy) is 1. The first-order valence-corrected chi connectivity index (χ1v) is 3.91. The molecule has 0 spiro atoms. The normalized spacial score (nSPS) is 10.8. The number of methoxy groups -OCH3 is 1. The van der Waals surface area contributed by atoms with Crippen LogP contribution in [-0.4, -0.2) is 25.0 Å². The van der Waals surface area contributed by atoms with Gasteiger partial charge in [-0.1, -0.05) is 6.58 Å². The minimum Gasteiger partial charge on any atom is -0.464 e. The number of hydrogen-bond donors (Lipinski definition) is 1. The lowest BCUT2D eigenvalue weighted by Crippen LogP contribution is -2.17. The molecule has 0 aliphatic carbocycles. The number of esters is 1. The second-order valence-corrected chi connectivity index (χ2v) is 2.98. The molecule has 0 aliphatic heterocycles. The molecule has 0 saturated carbocycles. The van der Waals surface area contributed by atoms with Crippen molar-refractivity contribution in [3.8, 4) is 0 Å². The van der Waals surface area contributed by atoms with E-state index in [4.69, 9.17) is 5.73 Å². The molecule has 0 heterocycles. The molecule has 0 rings (SSSR count). The van der Waals surface area contributed by atoms with Crippen LogP contribution in [0.15, 0.2) is 23.1 Å². The maximum absolute atomic E-state index is 10.8. The Morgan fingerprint density at radius 3 is 2.58 bits per heavy atom. The van der Waals surface area contributed by atoms with Gasteiger partial charge in [-0.3, -0.25) is 0 Å². The Hall–Kier alpha value is -0.970. The highest BCUT2D eigenvalue weighted by Crippen LogP contribution is 2.07. The number of hydrogen-bond acceptors (Lipinski definition) is 4. The number of carbonyl (C=O) groups is 1. The van der Waals surface area contributed by atoms with Crippen LogP contribution in [0.5, 0.6) is 0 Å². The summed E-state index contributed by atoms with van der Waals surface area (Å²) in [6, 6.07) is 0. The molecule has 2 N–H and O–H groups in total. The van der Waals surface area contributed by atoms with E-state index in [-0.39, 0.29) is 5.70 Å². The van der Waals surface area contributed by atoms with Gasteiger partial charge in [0.25, 0.3) is 0 Å². The van der Waals surface area contributed by atoms with E-state index in [0.29, 0.717) is 4.61 Å². The molecule has 5 heteroatoms. The van der Waals surface area contributed by atoms with Gasteiger partial charge in [-0.15, -0.1) is 0 Å². The Balaban J connectivity index is 4.35. The summed E-state index contributed by atoms with van der Waals surface area (Å²) in [6.07, 6.45) is 1.42. The molecule has 0 aromatic heterocycles. The third-order valence-electron chi connectivity index (χ3n) is 1.14. The van der Waals surface area contributed by atoms with E-state index < -0.39 is 5.97 Å². The molecular weight excluding hydrogens is 224 g/mol. The summed E-state index contributed by atoms with van der Waals surface area (Å²) in [5, 5.41) is 0. The number of halogens is 1. The fourth-order valence-electron chi connectivity index (χ4n) is 0.449. The summed E-state index contributed by atoms with van der Waals surface area (Å²) >= 11 is 3.12. The minimum atomic E-state index is -0.560. The molecule has 0 saturated heterocycles. The van der Waals surface area contributed by atoms with Crippen molar-refractivity contribution >= 4 is 21.9 Å². The van der Waals surface area contributed by atoms with Gasteiger partial charge in [0.1, 0.15) is 5.70 Å². The maximum atomic E-state index is 10.8. The average molecular weight is 235 g/mol. The van der Waals surface area contributed by atoms with Crippen LogP contribution in [0, 0.1) is 0 Å². The molecule has 12 heavy (non-hydrogen) atoms. The zero-order chi connectivity index (χ0) is 9.72. The zero-order valence-corrected chi connectivity index (χ0v) is 8.59. The summed E-state index contributed by atoms with van der Waals surface area (Å²) in [6.45, 7) is 3.58. The third-order valence-corrected chi connectivity index (χ3v) is 1.70. The van der Waals surface area contributed by atoms with Gasteiger partial charge in [0.15, 0.2) is 0 Å². The smallest absolute Gasteiger partial charge is 0.355 e. The summed E-state index contributed by atoms with van der Waals surface area (Å²) < 4.78 is 4.99. The Labute approximate surface area is 79.8 Å². The van der Waals surface area contributed by atoms with Crippen molar-refractivity contribution in [2.45, 2.75) is 0 Å². The topological polar surface area (TPSA) is 55.6 Å². The van der Waals surface area contributed by atoms with Gasteiger partial charge in [0.2, 0.25) is 0 Å². The van der Waals surface area contributed by atoms with Gasteiger partial charge in [-0.2, -0.15) is 0 Å². The van der Waals surface area contributed by atoms with Gasteiger partial charge in [-0.05, 0) is 15.9 Å². The third kappa shape index (κ3) is 3.43. The second-order valence-electron chi connectivity index (χ2n) is 2.06. The van der Waals surface area contributed by atoms with E-state index in [9.17, 15) is 4.79 Å². The van der Waals surface area contributed by atoms with Crippen LogP contribution >= 0.6 is 15.9 Å². The van der Waals surface area contributed by atoms with Crippen LogP contribution in [0.1, 0.15) is 0 Å². The molecule has 0 fully saturated rings. The SMILES string of the molecule is C=C(Br)N(C)/C=C(\N)C(=O)OC. The summed E-state index contributed by atoms with van der Waals surface area (Å²) in [7, 11) is 2.97. The van der Waals surface area contributed by atoms with E-state index in [1.165, 1.54) is 13.3 Å². The largest absolute Gasteiger partial charge is 0.464 e. The number of nitrogens with zero attached hydrogens (tertiary/aromatic N) is 1. The molecule has 0 aliphatic rings. The Morgan fingerprint density at radius 2 is 2.25 bits per heavy atom. The molecule has 68 valence electrons. The minimum absolute atomic E-state index is 0.0283. The van der Waals surface area contributed by atoms with Crippen molar-refractivity contribution in [1.29, 1.82) is 0 Å². The van der Waals surface area contributed by atoms with Gasteiger partial charge in [0.05, 0.1) is 11.7 Å². The van der Waals surface area contributed by atoms with Crippen LogP contribution in [0.2, 0.25) is 0 Å². The lowest BCUT2D eigenvalue weighted by molar-refractivity contribution is -0.136. The standard InChI is InChI=1S/C7H11BrN2O2/c1-5(8)10(2)4-6(9)7(11)12-3/h4H,1,9H2,2-3H3/b6-4-. The van der Waals surface area contributed by atoms with Gasteiger partial charge < -0.3 is 15.4 Å². The predicted octanol–water partition coefficient (Wildman–Crippen LogP) is 0.757. The maximum Gasteiger partial charge on any atom is 0.355 e. The van der Waals surface area contributed by atoms with E-state index in [1.807, 2.05) is 0 Å². The van der Waals surface area contributed by atoms with E-state index in [2.05, 4.69) is 27.2 Å². The molecule has 0 unspecified atom stereocenters. The molecule has 0 aromatic rings. The first-order valence-electron chi connectivity index (χ1n) is 3.12. The van der Waals surface area contributed by atoms with Crippen molar-refractivity contribution in [3.05, 3.63) is 23.1 Å². The molecular formula is C7H11BrN2O2. The quantitative estimate of drug-likeness (QED) is 0.445. The van der Waals surface area contributed by atoms with Crippen molar-refractivity contribution in [2.75, 3.05) is 14.2 Å². The Kier molecular flexibility index (Phi) is 4.43. The lowest BCUT2D eigenvalue weighted by Gasteiger charge is -2.11. The van der Waals surface area contributed by atoms with Crippen LogP contribution in [0.25, 0.3) is 0 Å². The molecule has 4 nitrogen and oxygen atoms in total. The number of carbonyl (C=O) groups excluding carboxylic acids is 1. The van der Waals surface area contributed by atoms with Gasteiger partial charge in [0, 0.05) is 13.2 Å². The van der Waals surface area contributed by atoms with Crippen LogP contribution in [0.3, 0.4) is 0 Å². The average Bonchev–Trinajstić information content (AvgIpc) is 2.02. The fourth-order valence-corrected chi connectivity index (χ4v) is 0.552. The summed E-state index contributed by atoms with van der Waals surface area (Å²) in [5.41, 5.74) is 5.38. The molecule has 0 atom stereocenters. The van der Waals surface area contributed by atoms with Crippen LogP contribution in [0.4, 0.5) is 0 Å². The number of rotatable bonds is 3. The van der Waals surface area contributed by atoms with Crippen molar-refractivity contribution in [1.82, 2.24) is 4.90 Å². The Bertz CT molecular complexity index is 225. The molecule has 0 amide bonds. The van der Waals surface area contributed by atoms with E-state index in [1.54, 1.807) is 11.9 Å². The summed E-state index contributed by atoms with van der Waals surface area (Å²) in [5.74, 6) is -0.560. The first kappa shape index (κ1) is 11.0. The van der Waals surface area contributed by atoms with Crippen molar-refractivity contribution in [2.24, 2.45) is 5.73 Å². The monoisotopic (exact) mass is 234 g/mol. The second kappa shape index (κ2) is 4.82. The lowest BCUT2D eigenvalue weighted by atomic mass is 10.5. The molecule has 0 aromatic carbocycles. The highest BCUT2D eigenvalue weighted by molar-refractivity contribution is 9.11. The highest BCUT2D eigenvalue weighted by atomic mass is 79.9. The van der Waals surface area contributed by atoms with Crippen molar-refractivity contribution < 1.29 is 9.53 Å². The number of nitrogens with two attached hydrogens (primary N) is 1. The van der Waals surface area contributed by atoms with Crippen molar-refractivity contribution in [3.63, 3.8) is 0 Å². The Morgan fingerprint density at radius 1 is 1.75 bits per heavy atom. The summed E-state index contributed by atoms with van der Waals surface area (Å²) in [4.78, 5) is 12.3. The van der Waals surface area contributed by atoms with Gasteiger partial charge in [-0.25, -0.2) is 4.79 Å². The van der Waals surface area contributed by atoms with E-state index >= 15 is 0 Å². The van der Waals surface area contributed by atoms with Crippen LogP contribution in [-0.2, 0) is 9.53 Å². The van der Waals surface area contributed by atoms with E-state index in [0.717, 1.165) is 0 Å².